The smallest absolute Gasteiger partial charge is 0.337 e. The summed E-state index contributed by atoms with van der Waals surface area (Å²) < 4.78 is 31.6. The lowest BCUT2D eigenvalue weighted by Crippen LogP contribution is -2.14. The zero-order valence-corrected chi connectivity index (χ0v) is 13.7. The summed E-state index contributed by atoms with van der Waals surface area (Å²) in [6.45, 7) is 0. The van der Waals surface area contributed by atoms with Gasteiger partial charge in [0.25, 0.3) is 10.0 Å². The van der Waals surface area contributed by atoms with E-state index in [0.29, 0.717) is 5.02 Å². The highest BCUT2D eigenvalue weighted by Crippen LogP contribution is 2.26. The van der Waals surface area contributed by atoms with Crippen LogP contribution in [-0.4, -0.2) is 21.5 Å². The second-order valence-corrected chi connectivity index (χ2v) is 6.75. The summed E-state index contributed by atoms with van der Waals surface area (Å²) in [4.78, 5) is 11.4. The van der Waals surface area contributed by atoms with E-state index in [0.717, 1.165) is 0 Å². The summed E-state index contributed by atoms with van der Waals surface area (Å²) in [6, 6.07) is 9.87. The molecule has 1 N–H and O–H groups in total. The van der Waals surface area contributed by atoms with Crippen LogP contribution in [0.15, 0.2) is 47.4 Å². The van der Waals surface area contributed by atoms with Crippen LogP contribution >= 0.6 is 23.2 Å². The molecule has 116 valence electrons. The average molecular weight is 360 g/mol. The maximum atomic E-state index is 12.3. The van der Waals surface area contributed by atoms with E-state index in [9.17, 15) is 13.2 Å². The number of esters is 1. The van der Waals surface area contributed by atoms with Crippen molar-refractivity contribution in [1.82, 2.24) is 0 Å². The molecule has 0 amide bonds. The number of anilines is 1. The maximum absolute atomic E-state index is 12.3. The quantitative estimate of drug-likeness (QED) is 0.846. The van der Waals surface area contributed by atoms with E-state index in [-0.39, 0.29) is 21.2 Å². The van der Waals surface area contributed by atoms with E-state index < -0.39 is 16.0 Å². The third-order valence-corrected chi connectivity index (χ3v) is 4.86. The summed E-state index contributed by atoms with van der Waals surface area (Å²) in [6.07, 6.45) is 0. The van der Waals surface area contributed by atoms with Crippen LogP contribution in [0, 0.1) is 0 Å². The number of sulfonamides is 1. The lowest BCUT2D eigenvalue weighted by molar-refractivity contribution is 0.0600. The highest BCUT2D eigenvalue weighted by Gasteiger charge is 2.17. The molecule has 0 fully saturated rings. The molecular formula is C14H11Cl2NO4S. The Morgan fingerprint density at radius 2 is 1.82 bits per heavy atom. The van der Waals surface area contributed by atoms with Crippen molar-refractivity contribution in [3.05, 3.63) is 58.1 Å². The van der Waals surface area contributed by atoms with E-state index in [4.69, 9.17) is 23.2 Å². The van der Waals surface area contributed by atoms with Gasteiger partial charge >= 0.3 is 5.97 Å². The minimum Gasteiger partial charge on any atom is -0.465 e. The number of benzene rings is 2. The van der Waals surface area contributed by atoms with Gasteiger partial charge in [0.05, 0.1) is 33.3 Å². The third kappa shape index (κ3) is 3.71. The van der Waals surface area contributed by atoms with Crippen LogP contribution in [0.3, 0.4) is 0 Å². The van der Waals surface area contributed by atoms with Crippen LogP contribution < -0.4 is 4.72 Å². The molecule has 0 aliphatic heterocycles. The van der Waals surface area contributed by atoms with E-state index in [1.165, 1.54) is 49.6 Å². The van der Waals surface area contributed by atoms with Crippen molar-refractivity contribution >= 4 is 44.9 Å². The molecule has 2 aromatic carbocycles. The van der Waals surface area contributed by atoms with Crippen molar-refractivity contribution in [2.24, 2.45) is 0 Å². The Morgan fingerprint density at radius 3 is 2.45 bits per heavy atom. The number of hydrogen-bond donors (Lipinski definition) is 1. The molecule has 8 heteroatoms. The summed E-state index contributed by atoms with van der Waals surface area (Å²) in [7, 11) is -2.65. The minimum absolute atomic E-state index is 0.0681. The van der Waals surface area contributed by atoms with Crippen molar-refractivity contribution in [2.75, 3.05) is 11.8 Å². The van der Waals surface area contributed by atoms with Gasteiger partial charge in [-0.1, -0.05) is 29.3 Å². The molecule has 22 heavy (non-hydrogen) atoms. The van der Waals surface area contributed by atoms with Crippen LogP contribution in [0.1, 0.15) is 10.4 Å². The number of carbonyl (C=O) groups excluding carboxylic acids is 1. The van der Waals surface area contributed by atoms with Crippen LogP contribution in [0.5, 0.6) is 0 Å². The largest absolute Gasteiger partial charge is 0.465 e. The number of ether oxygens (including phenoxy) is 1. The molecule has 0 atom stereocenters. The number of nitrogens with one attached hydrogen (secondary N) is 1. The highest BCUT2D eigenvalue weighted by molar-refractivity contribution is 7.92. The lowest BCUT2D eigenvalue weighted by atomic mass is 10.2. The molecule has 5 nitrogen and oxygen atoms in total. The third-order valence-electron chi connectivity index (χ3n) is 2.74. The Balaban J connectivity index is 2.34. The van der Waals surface area contributed by atoms with Crippen LogP contribution in [0.25, 0.3) is 0 Å². The second-order valence-electron chi connectivity index (χ2n) is 4.25. The summed E-state index contributed by atoms with van der Waals surface area (Å²) in [5, 5.41) is 0.544. The summed E-state index contributed by atoms with van der Waals surface area (Å²) >= 11 is 11.6. The van der Waals surface area contributed by atoms with Gasteiger partial charge in [0.2, 0.25) is 0 Å². The number of rotatable bonds is 4. The first-order valence-corrected chi connectivity index (χ1v) is 8.23. The van der Waals surface area contributed by atoms with E-state index in [1.54, 1.807) is 0 Å². The fourth-order valence-corrected chi connectivity index (χ4v) is 3.07. The fourth-order valence-electron chi connectivity index (χ4n) is 1.68. The zero-order valence-electron chi connectivity index (χ0n) is 11.3. The normalized spacial score (nSPS) is 11.0. The van der Waals surface area contributed by atoms with Gasteiger partial charge in [-0.2, -0.15) is 0 Å². The monoisotopic (exact) mass is 359 g/mol. The zero-order chi connectivity index (χ0) is 16.3. The van der Waals surface area contributed by atoms with Crippen LogP contribution in [0.2, 0.25) is 10.0 Å². The highest BCUT2D eigenvalue weighted by atomic mass is 35.5. The van der Waals surface area contributed by atoms with Crippen molar-refractivity contribution in [2.45, 2.75) is 4.90 Å². The molecular weight excluding hydrogens is 349 g/mol. The fraction of sp³-hybridized carbons (Fsp3) is 0.0714. The molecule has 0 saturated carbocycles. The summed E-state index contributed by atoms with van der Waals surface area (Å²) in [5.74, 6) is -0.619. The Morgan fingerprint density at radius 1 is 1.09 bits per heavy atom. The number of methoxy groups -OCH3 is 1. The number of halogens is 2. The molecule has 0 saturated heterocycles. The molecule has 2 rings (SSSR count). The first kappa shape index (κ1) is 16.6. The molecule has 0 radical (unpaired) electrons. The van der Waals surface area contributed by atoms with Gasteiger partial charge in [-0.25, -0.2) is 13.2 Å². The van der Waals surface area contributed by atoms with Gasteiger partial charge in [-0.05, 0) is 36.4 Å². The van der Waals surface area contributed by atoms with Gasteiger partial charge in [-0.15, -0.1) is 0 Å². The van der Waals surface area contributed by atoms with Crippen LogP contribution in [0.4, 0.5) is 5.69 Å². The van der Waals surface area contributed by atoms with Crippen molar-refractivity contribution in [3.63, 3.8) is 0 Å². The van der Waals surface area contributed by atoms with E-state index in [2.05, 4.69) is 9.46 Å². The number of hydrogen-bond acceptors (Lipinski definition) is 4. The van der Waals surface area contributed by atoms with Gasteiger partial charge in [0.15, 0.2) is 0 Å². The molecule has 0 aliphatic carbocycles. The van der Waals surface area contributed by atoms with Gasteiger partial charge in [0, 0.05) is 0 Å². The SMILES string of the molecule is COC(=O)c1cccc(S(=O)(=O)Nc2ccc(Cl)c(Cl)c2)c1. The van der Waals surface area contributed by atoms with Crippen LogP contribution in [-0.2, 0) is 14.8 Å². The Kier molecular flexibility index (Phi) is 4.95. The van der Waals surface area contributed by atoms with Gasteiger partial charge in [-0.3, -0.25) is 4.72 Å². The molecule has 0 spiro atoms. The van der Waals surface area contributed by atoms with E-state index in [1.807, 2.05) is 0 Å². The molecule has 2 aromatic rings. The predicted octanol–water partition coefficient (Wildman–Crippen LogP) is 3.58. The Labute approximate surface area is 137 Å². The first-order valence-electron chi connectivity index (χ1n) is 6.00. The summed E-state index contributed by atoms with van der Waals surface area (Å²) in [5.41, 5.74) is 0.400. The number of carbonyl (C=O) groups is 1. The van der Waals surface area contributed by atoms with Gasteiger partial charge in [0.1, 0.15) is 0 Å². The lowest BCUT2D eigenvalue weighted by Gasteiger charge is -2.09. The van der Waals surface area contributed by atoms with Crippen molar-refractivity contribution in [3.8, 4) is 0 Å². The Bertz CT molecular complexity index is 821. The molecule has 0 aliphatic rings. The first-order chi connectivity index (χ1) is 10.3. The Hall–Kier alpha value is -1.76. The molecule has 0 unspecified atom stereocenters. The maximum Gasteiger partial charge on any atom is 0.337 e. The predicted molar refractivity (Wildman–Crippen MR) is 85.1 cm³/mol. The minimum atomic E-state index is -3.87. The molecule has 0 heterocycles. The molecule has 0 aromatic heterocycles. The average Bonchev–Trinajstić information content (AvgIpc) is 2.50. The van der Waals surface area contributed by atoms with Crippen molar-refractivity contribution < 1.29 is 17.9 Å². The van der Waals surface area contributed by atoms with Crippen molar-refractivity contribution in [1.29, 1.82) is 0 Å². The van der Waals surface area contributed by atoms with E-state index >= 15 is 0 Å². The standard InChI is InChI=1S/C14H11Cl2NO4S/c1-21-14(18)9-3-2-4-11(7-9)22(19,20)17-10-5-6-12(15)13(16)8-10/h2-8,17H,1H3. The second kappa shape index (κ2) is 6.56. The topological polar surface area (TPSA) is 72.5 Å². The molecule has 0 bridgehead atoms. The van der Waals surface area contributed by atoms with Gasteiger partial charge < -0.3 is 4.74 Å².